The smallest absolute Gasteiger partial charge is 0.152 e. The van der Waals surface area contributed by atoms with Crippen LogP contribution in [0, 0.1) is 5.92 Å². The van der Waals surface area contributed by atoms with Gasteiger partial charge in [-0.2, -0.15) is 0 Å². The van der Waals surface area contributed by atoms with Crippen molar-refractivity contribution in [3.8, 4) is 0 Å². The highest BCUT2D eigenvalue weighted by molar-refractivity contribution is 6.71. The lowest BCUT2D eigenvalue weighted by Gasteiger charge is -2.23. The third kappa shape index (κ3) is 1.58. The average molecular weight is 208 g/mol. The van der Waals surface area contributed by atoms with Crippen LogP contribution in [0.4, 0.5) is 0 Å². The summed E-state index contributed by atoms with van der Waals surface area (Å²) in [6.07, 6.45) is 8.76. The molecule has 2 nitrogen and oxygen atoms in total. The molecule has 3 heteroatoms. The van der Waals surface area contributed by atoms with Crippen LogP contribution in [-0.4, -0.2) is 17.5 Å². The van der Waals surface area contributed by atoms with E-state index in [1.165, 1.54) is 5.57 Å². The summed E-state index contributed by atoms with van der Waals surface area (Å²) in [6, 6.07) is 0.0647. The Labute approximate surface area is 87.7 Å². The van der Waals surface area contributed by atoms with Crippen molar-refractivity contribution >= 4 is 23.1 Å². The first-order chi connectivity index (χ1) is 6.70. The molecule has 0 saturated carbocycles. The van der Waals surface area contributed by atoms with Crippen LogP contribution in [-0.2, 0) is 4.79 Å². The van der Waals surface area contributed by atoms with Gasteiger partial charge in [-0.3, -0.25) is 9.79 Å². The zero-order chi connectivity index (χ0) is 10.1. The van der Waals surface area contributed by atoms with Gasteiger partial charge in [-0.1, -0.05) is 41.5 Å². The van der Waals surface area contributed by atoms with Crippen LogP contribution in [0.15, 0.2) is 40.4 Å². The van der Waals surface area contributed by atoms with Gasteiger partial charge in [0.25, 0.3) is 0 Å². The monoisotopic (exact) mass is 207 g/mol. The summed E-state index contributed by atoms with van der Waals surface area (Å²) in [5.74, 6) is 0.183. The molecular weight excluding hydrogens is 198 g/mol. The van der Waals surface area contributed by atoms with Gasteiger partial charge >= 0.3 is 0 Å². The topological polar surface area (TPSA) is 29.4 Å². The fourth-order valence-electron chi connectivity index (χ4n) is 1.68. The predicted molar refractivity (Wildman–Crippen MR) is 57.6 cm³/mol. The second-order valence-corrected chi connectivity index (χ2v) is 3.86. The number of aliphatic imine (C=N–C) groups is 1. The first kappa shape index (κ1) is 9.41. The van der Waals surface area contributed by atoms with E-state index in [0.717, 1.165) is 6.29 Å². The summed E-state index contributed by atoms with van der Waals surface area (Å²) in [5.41, 5.74) is 1.69. The molecule has 0 aromatic carbocycles. The molecule has 1 heterocycles. The van der Waals surface area contributed by atoms with Crippen molar-refractivity contribution in [2.24, 2.45) is 10.9 Å². The van der Waals surface area contributed by atoms with Crippen LogP contribution in [0.5, 0.6) is 0 Å². The Balaban J connectivity index is 2.36. The first-order valence-electron chi connectivity index (χ1n) is 4.48. The quantitative estimate of drug-likeness (QED) is 0.607. The second kappa shape index (κ2) is 3.54. The van der Waals surface area contributed by atoms with Crippen LogP contribution in [0.1, 0.15) is 6.92 Å². The Morgan fingerprint density at radius 1 is 1.50 bits per heavy atom. The molecule has 72 valence electrons. The molecule has 1 aliphatic carbocycles. The van der Waals surface area contributed by atoms with E-state index in [0.29, 0.717) is 10.7 Å². The van der Waals surface area contributed by atoms with Gasteiger partial charge in [-0.15, -0.1) is 0 Å². The lowest BCUT2D eigenvalue weighted by Crippen LogP contribution is -2.22. The fourth-order valence-corrected chi connectivity index (χ4v) is 1.90. The standard InChI is InChI=1S/C11H10ClNO/c1-7-2-3-10-8(4-7)5-9(6-14)11(12)13-10/h2-6,8,10H,1H3/t8-,10-/m0/s1. The molecule has 14 heavy (non-hydrogen) atoms. The van der Waals surface area contributed by atoms with Crippen LogP contribution >= 0.6 is 11.6 Å². The SMILES string of the molecule is CC1=C[C@H]2C=C(C=O)C(Cl)=N[C@H]2C=C1. The van der Waals surface area contributed by atoms with Gasteiger partial charge in [-0.25, -0.2) is 0 Å². The summed E-state index contributed by atoms with van der Waals surface area (Å²) in [7, 11) is 0. The molecule has 0 N–H and O–H groups in total. The molecule has 0 radical (unpaired) electrons. The summed E-state index contributed by atoms with van der Waals surface area (Å²) >= 11 is 5.83. The summed E-state index contributed by atoms with van der Waals surface area (Å²) in [6.45, 7) is 2.03. The van der Waals surface area contributed by atoms with E-state index < -0.39 is 0 Å². The number of halogens is 1. The number of allylic oxidation sites excluding steroid dienone is 3. The zero-order valence-corrected chi connectivity index (χ0v) is 8.53. The number of fused-ring (bicyclic) bond motifs is 1. The molecule has 2 rings (SSSR count). The normalized spacial score (nSPS) is 30.0. The molecule has 0 aromatic rings. The van der Waals surface area contributed by atoms with Crippen molar-refractivity contribution in [3.63, 3.8) is 0 Å². The molecule has 2 aliphatic rings. The van der Waals surface area contributed by atoms with Gasteiger partial charge in [0.1, 0.15) is 5.17 Å². The van der Waals surface area contributed by atoms with Crippen LogP contribution < -0.4 is 0 Å². The maximum atomic E-state index is 10.7. The van der Waals surface area contributed by atoms with Gasteiger partial charge in [0, 0.05) is 11.5 Å². The van der Waals surface area contributed by atoms with Crippen molar-refractivity contribution in [2.45, 2.75) is 13.0 Å². The van der Waals surface area contributed by atoms with Crippen molar-refractivity contribution < 1.29 is 4.79 Å². The molecule has 0 aromatic heterocycles. The lowest BCUT2D eigenvalue weighted by atomic mass is 9.89. The van der Waals surface area contributed by atoms with E-state index in [4.69, 9.17) is 11.6 Å². The molecule has 0 bridgehead atoms. The second-order valence-electron chi connectivity index (χ2n) is 3.50. The minimum atomic E-state index is 0.0647. The number of carbonyl (C=O) groups is 1. The van der Waals surface area contributed by atoms with E-state index in [2.05, 4.69) is 11.1 Å². The van der Waals surface area contributed by atoms with Crippen molar-refractivity contribution in [1.82, 2.24) is 0 Å². The molecule has 0 unspecified atom stereocenters. The highest BCUT2D eigenvalue weighted by Crippen LogP contribution is 2.27. The number of nitrogens with zero attached hydrogens (tertiary/aromatic N) is 1. The van der Waals surface area contributed by atoms with Crippen LogP contribution in [0.25, 0.3) is 0 Å². The molecule has 1 aliphatic heterocycles. The number of rotatable bonds is 1. The number of dihydropyridines is 1. The van der Waals surface area contributed by atoms with Crippen molar-refractivity contribution in [2.75, 3.05) is 0 Å². The minimum absolute atomic E-state index is 0.0647. The molecule has 2 atom stereocenters. The van der Waals surface area contributed by atoms with Crippen molar-refractivity contribution in [3.05, 3.63) is 35.5 Å². The maximum absolute atomic E-state index is 10.7. The fraction of sp³-hybridized carbons (Fsp3) is 0.273. The Kier molecular flexibility index (Phi) is 2.38. The van der Waals surface area contributed by atoms with Gasteiger partial charge in [0.05, 0.1) is 6.04 Å². The Morgan fingerprint density at radius 3 is 3.00 bits per heavy atom. The third-order valence-corrected chi connectivity index (χ3v) is 2.72. The van der Waals surface area contributed by atoms with E-state index in [9.17, 15) is 4.79 Å². The zero-order valence-electron chi connectivity index (χ0n) is 7.77. The van der Waals surface area contributed by atoms with Gasteiger partial charge in [0.15, 0.2) is 6.29 Å². The third-order valence-electron chi connectivity index (χ3n) is 2.41. The van der Waals surface area contributed by atoms with E-state index in [1.807, 2.05) is 25.2 Å². The van der Waals surface area contributed by atoms with Crippen LogP contribution in [0.2, 0.25) is 0 Å². The van der Waals surface area contributed by atoms with Crippen LogP contribution in [0.3, 0.4) is 0 Å². The summed E-state index contributed by atoms with van der Waals surface area (Å²) < 4.78 is 0. The highest BCUT2D eigenvalue weighted by Gasteiger charge is 2.23. The van der Waals surface area contributed by atoms with Gasteiger partial charge < -0.3 is 0 Å². The van der Waals surface area contributed by atoms with E-state index in [1.54, 1.807) is 0 Å². The summed E-state index contributed by atoms with van der Waals surface area (Å²) in [4.78, 5) is 14.9. The van der Waals surface area contributed by atoms with Gasteiger partial charge in [-0.05, 0) is 6.92 Å². The maximum Gasteiger partial charge on any atom is 0.152 e. The number of hydrogen-bond acceptors (Lipinski definition) is 2. The van der Waals surface area contributed by atoms with E-state index >= 15 is 0 Å². The number of carbonyl (C=O) groups excluding carboxylic acids is 1. The minimum Gasteiger partial charge on any atom is -0.298 e. The lowest BCUT2D eigenvalue weighted by molar-refractivity contribution is -0.104. The van der Waals surface area contributed by atoms with Gasteiger partial charge in [0.2, 0.25) is 0 Å². The summed E-state index contributed by atoms with van der Waals surface area (Å²) in [5, 5.41) is 0.318. The van der Waals surface area contributed by atoms with E-state index in [-0.39, 0.29) is 12.0 Å². The first-order valence-corrected chi connectivity index (χ1v) is 4.86. The molecule has 0 amide bonds. The number of aldehydes is 1. The largest absolute Gasteiger partial charge is 0.298 e. The molecule has 0 saturated heterocycles. The Bertz CT molecular complexity index is 390. The number of hydrogen-bond donors (Lipinski definition) is 0. The Hall–Kier alpha value is -1.15. The average Bonchev–Trinajstić information content (AvgIpc) is 2.17. The predicted octanol–water partition coefficient (Wildman–Crippen LogP) is 2.26. The molecule has 0 fully saturated rings. The molecule has 0 spiro atoms. The molecular formula is C11H10ClNO. The van der Waals surface area contributed by atoms with Crippen molar-refractivity contribution in [1.29, 1.82) is 0 Å². The highest BCUT2D eigenvalue weighted by atomic mass is 35.5. The Morgan fingerprint density at radius 2 is 2.29 bits per heavy atom.